The van der Waals surface area contributed by atoms with E-state index in [4.69, 9.17) is 15.2 Å². The standard InChI is InChI=1S/C17H25N3O2/c1-12-4-5-13(10-19-17(18)20-14-6-7-14)16(9-12)22-11-15-3-2-8-21-15/h4-5,9,14-15H,2-3,6-8,10-11H2,1H3,(H3,18,19,20). The lowest BCUT2D eigenvalue weighted by molar-refractivity contribution is 0.0676. The molecule has 5 heteroatoms. The molecule has 0 aromatic heterocycles. The summed E-state index contributed by atoms with van der Waals surface area (Å²) in [6.07, 6.45) is 4.81. The van der Waals surface area contributed by atoms with Crippen LogP contribution >= 0.6 is 0 Å². The van der Waals surface area contributed by atoms with Crippen molar-refractivity contribution in [1.29, 1.82) is 0 Å². The molecule has 1 aromatic carbocycles. The number of aryl methyl sites for hydroxylation is 1. The Morgan fingerprint density at radius 2 is 2.27 bits per heavy atom. The van der Waals surface area contributed by atoms with E-state index in [1.807, 2.05) is 0 Å². The molecule has 1 unspecified atom stereocenters. The van der Waals surface area contributed by atoms with Crippen LogP contribution in [-0.4, -0.2) is 31.3 Å². The first kappa shape index (κ1) is 15.2. The van der Waals surface area contributed by atoms with E-state index in [9.17, 15) is 0 Å². The number of rotatable bonds is 6. The Labute approximate surface area is 131 Å². The molecule has 5 nitrogen and oxygen atoms in total. The van der Waals surface area contributed by atoms with E-state index in [-0.39, 0.29) is 6.10 Å². The summed E-state index contributed by atoms with van der Waals surface area (Å²) in [5.41, 5.74) is 8.13. The number of guanidine groups is 1. The van der Waals surface area contributed by atoms with Crippen molar-refractivity contribution in [2.24, 2.45) is 10.7 Å². The van der Waals surface area contributed by atoms with Crippen molar-refractivity contribution in [3.8, 4) is 5.75 Å². The van der Waals surface area contributed by atoms with Crippen LogP contribution in [-0.2, 0) is 11.3 Å². The van der Waals surface area contributed by atoms with Crippen LogP contribution < -0.4 is 15.8 Å². The van der Waals surface area contributed by atoms with Gasteiger partial charge < -0.3 is 20.5 Å². The zero-order valence-corrected chi connectivity index (χ0v) is 13.2. The molecule has 1 aliphatic heterocycles. The maximum Gasteiger partial charge on any atom is 0.189 e. The number of hydrogen-bond donors (Lipinski definition) is 2. The zero-order chi connectivity index (χ0) is 15.4. The van der Waals surface area contributed by atoms with Gasteiger partial charge in [-0.25, -0.2) is 4.99 Å². The van der Waals surface area contributed by atoms with E-state index < -0.39 is 0 Å². The zero-order valence-electron chi connectivity index (χ0n) is 13.2. The smallest absolute Gasteiger partial charge is 0.189 e. The minimum Gasteiger partial charge on any atom is -0.491 e. The summed E-state index contributed by atoms with van der Waals surface area (Å²) < 4.78 is 11.6. The maximum absolute atomic E-state index is 5.97. The molecule has 2 fully saturated rings. The van der Waals surface area contributed by atoms with E-state index in [1.54, 1.807) is 0 Å². The van der Waals surface area contributed by atoms with Crippen molar-refractivity contribution in [1.82, 2.24) is 5.32 Å². The average Bonchev–Trinajstić information content (AvgIpc) is 3.15. The second kappa shape index (κ2) is 7.01. The maximum atomic E-state index is 5.97. The van der Waals surface area contributed by atoms with E-state index in [0.29, 0.717) is 25.2 Å². The average molecular weight is 303 g/mol. The Kier molecular flexibility index (Phi) is 4.83. The molecule has 1 atom stereocenters. The highest BCUT2D eigenvalue weighted by Gasteiger charge is 2.21. The molecule has 0 spiro atoms. The summed E-state index contributed by atoms with van der Waals surface area (Å²) in [6, 6.07) is 6.73. The molecule has 1 heterocycles. The van der Waals surface area contributed by atoms with Gasteiger partial charge in [-0.05, 0) is 44.2 Å². The molecule has 1 saturated carbocycles. The van der Waals surface area contributed by atoms with Crippen LogP contribution in [0.2, 0.25) is 0 Å². The van der Waals surface area contributed by atoms with Crippen LogP contribution in [0.5, 0.6) is 5.75 Å². The first-order valence-electron chi connectivity index (χ1n) is 8.11. The quantitative estimate of drug-likeness (QED) is 0.624. The highest BCUT2D eigenvalue weighted by molar-refractivity contribution is 5.78. The Hall–Kier alpha value is -1.75. The van der Waals surface area contributed by atoms with Crippen molar-refractivity contribution >= 4 is 5.96 Å². The van der Waals surface area contributed by atoms with Crippen LogP contribution in [0.15, 0.2) is 23.2 Å². The number of benzene rings is 1. The fourth-order valence-electron chi connectivity index (χ4n) is 2.54. The van der Waals surface area contributed by atoms with Gasteiger partial charge in [-0.15, -0.1) is 0 Å². The van der Waals surface area contributed by atoms with Crippen LogP contribution in [0.3, 0.4) is 0 Å². The van der Waals surface area contributed by atoms with Gasteiger partial charge in [-0.2, -0.15) is 0 Å². The van der Waals surface area contributed by atoms with Gasteiger partial charge in [0.1, 0.15) is 12.4 Å². The predicted octanol–water partition coefficient (Wildman–Crippen LogP) is 2.12. The summed E-state index contributed by atoms with van der Waals surface area (Å²) in [5, 5.41) is 3.20. The molecule has 3 N–H and O–H groups in total. The molecular formula is C17H25N3O2. The SMILES string of the molecule is Cc1ccc(CN=C(N)NC2CC2)c(OCC2CCCO2)c1. The molecule has 1 saturated heterocycles. The van der Waals surface area contributed by atoms with E-state index in [1.165, 1.54) is 18.4 Å². The van der Waals surface area contributed by atoms with Gasteiger partial charge in [-0.3, -0.25) is 0 Å². The topological polar surface area (TPSA) is 68.9 Å². The van der Waals surface area contributed by atoms with E-state index in [0.717, 1.165) is 30.8 Å². The lowest BCUT2D eigenvalue weighted by atomic mass is 10.1. The Bertz CT molecular complexity index is 535. The monoisotopic (exact) mass is 303 g/mol. The number of aliphatic imine (C=N–C) groups is 1. The van der Waals surface area contributed by atoms with Crippen LogP contribution in [0.25, 0.3) is 0 Å². The molecule has 120 valence electrons. The number of nitrogens with two attached hydrogens (primary N) is 1. The second-order valence-corrected chi connectivity index (χ2v) is 6.18. The minimum absolute atomic E-state index is 0.221. The fraction of sp³-hybridized carbons (Fsp3) is 0.588. The summed E-state index contributed by atoms with van der Waals surface area (Å²) in [5.74, 6) is 1.41. The second-order valence-electron chi connectivity index (χ2n) is 6.18. The molecule has 0 radical (unpaired) electrons. The third kappa shape index (κ3) is 4.37. The lowest BCUT2D eigenvalue weighted by Gasteiger charge is -2.15. The van der Waals surface area contributed by atoms with Gasteiger partial charge in [-0.1, -0.05) is 12.1 Å². The Morgan fingerprint density at radius 3 is 3.00 bits per heavy atom. The van der Waals surface area contributed by atoms with Gasteiger partial charge in [0, 0.05) is 18.2 Å². The minimum atomic E-state index is 0.221. The normalized spacial score (nSPS) is 21.9. The van der Waals surface area contributed by atoms with E-state index in [2.05, 4.69) is 35.4 Å². The van der Waals surface area contributed by atoms with Gasteiger partial charge in [0.15, 0.2) is 5.96 Å². The summed E-state index contributed by atoms with van der Waals surface area (Å²) in [7, 11) is 0. The number of nitrogens with one attached hydrogen (secondary N) is 1. The first-order valence-corrected chi connectivity index (χ1v) is 8.11. The first-order chi connectivity index (χ1) is 10.7. The van der Waals surface area contributed by atoms with Gasteiger partial charge in [0.25, 0.3) is 0 Å². The van der Waals surface area contributed by atoms with E-state index >= 15 is 0 Å². The highest BCUT2D eigenvalue weighted by Crippen LogP contribution is 2.23. The Morgan fingerprint density at radius 1 is 1.41 bits per heavy atom. The summed E-state index contributed by atoms with van der Waals surface area (Å²) in [6.45, 7) is 4.06. The number of hydrogen-bond acceptors (Lipinski definition) is 3. The molecule has 1 aliphatic carbocycles. The summed E-state index contributed by atoms with van der Waals surface area (Å²) >= 11 is 0. The molecule has 0 amide bonds. The predicted molar refractivity (Wildman–Crippen MR) is 87.1 cm³/mol. The van der Waals surface area contributed by atoms with Crippen molar-refractivity contribution in [2.75, 3.05) is 13.2 Å². The highest BCUT2D eigenvalue weighted by atomic mass is 16.5. The number of nitrogens with zero attached hydrogens (tertiary/aromatic N) is 1. The molecular weight excluding hydrogens is 278 g/mol. The van der Waals surface area contributed by atoms with Crippen LogP contribution in [0.1, 0.15) is 36.8 Å². The fourth-order valence-corrected chi connectivity index (χ4v) is 2.54. The summed E-state index contributed by atoms with van der Waals surface area (Å²) in [4.78, 5) is 4.42. The number of ether oxygens (including phenoxy) is 2. The van der Waals surface area contributed by atoms with Gasteiger partial charge >= 0.3 is 0 Å². The molecule has 2 aliphatic rings. The lowest BCUT2D eigenvalue weighted by Crippen LogP contribution is -2.33. The van der Waals surface area contributed by atoms with Gasteiger partial charge in [0.2, 0.25) is 0 Å². The molecule has 3 rings (SSSR count). The molecule has 0 bridgehead atoms. The largest absolute Gasteiger partial charge is 0.491 e. The van der Waals surface area contributed by atoms with Crippen LogP contribution in [0.4, 0.5) is 0 Å². The van der Waals surface area contributed by atoms with Crippen molar-refractivity contribution < 1.29 is 9.47 Å². The third-order valence-corrected chi connectivity index (χ3v) is 4.02. The third-order valence-electron chi connectivity index (χ3n) is 4.02. The molecule has 22 heavy (non-hydrogen) atoms. The van der Waals surface area contributed by atoms with Crippen molar-refractivity contribution in [3.63, 3.8) is 0 Å². The van der Waals surface area contributed by atoms with Crippen molar-refractivity contribution in [3.05, 3.63) is 29.3 Å². The van der Waals surface area contributed by atoms with Gasteiger partial charge in [0.05, 0.1) is 12.6 Å². The van der Waals surface area contributed by atoms with Crippen molar-refractivity contribution in [2.45, 2.75) is 51.3 Å². The van der Waals surface area contributed by atoms with Crippen LogP contribution in [0, 0.1) is 6.92 Å². The Balaban J connectivity index is 1.61. The molecule has 1 aromatic rings.